The summed E-state index contributed by atoms with van der Waals surface area (Å²) < 4.78 is 0. The van der Waals surface area contributed by atoms with Crippen molar-refractivity contribution in [2.24, 2.45) is 11.8 Å². The third-order valence-electron chi connectivity index (χ3n) is 2.14. The normalized spacial score (nSPS) is 36.3. The van der Waals surface area contributed by atoms with Gasteiger partial charge >= 0.3 is 0 Å². The predicted molar refractivity (Wildman–Crippen MR) is 44.6 cm³/mol. The highest BCUT2D eigenvalue weighted by atomic mass is 32.1. The van der Waals surface area contributed by atoms with Gasteiger partial charge in [0.05, 0.1) is 0 Å². The summed E-state index contributed by atoms with van der Waals surface area (Å²) in [6.07, 6.45) is 4.98. The first-order valence-electron chi connectivity index (χ1n) is 3.71. The topological polar surface area (TPSA) is 0 Å². The smallest absolute Gasteiger partial charge is 0.00185 e. The van der Waals surface area contributed by atoms with E-state index in [1.807, 2.05) is 0 Å². The summed E-state index contributed by atoms with van der Waals surface area (Å²) in [5.41, 5.74) is 0. The molecule has 0 saturated heterocycles. The van der Waals surface area contributed by atoms with Crippen LogP contribution >= 0.6 is 12.6 Å². The molecule has 3 atom stereocenters. The highest BCUT2D eigenvalue weighted by Gasteiger charge is 2.36. The van der Waals surface area contributed by atoms with Crippen LogP contribution in [0.25, 0.3) is 0 Å². The molecule has 3 unspecified atom stereocenters. The molecule has 0 N–H and O–H groups in total. The Morgan fingerprint density at radius 1 is 1.78 bits per heavy atom. The lowest BCUT2D eigenvalue weighted by Crippen LogP contribution is -1.95. The minimum Gasteiger partial charge on any atom is -0.331 e. The van der Waals surface area contributed by atoms with Crippen molar-refractivity contribution in [2.45, 2.75) is 31.9 Å². The fraction of sp³-hybridized carbons (Fsp3) is 0.875. The molecule has 1 heteroatoms. The van der Waals surface area contributed by atoms with Crippen molar-refractivity contribution in [1.29, 1.82) is 0 Å². The molecule has 1 aliphatic rings. The van der Waals surface area contributed by atoms with Crippen molar-refractivity contribution in [3.63, 3.8) is 0 Å². The number of thiol groups is 1. The van der Waals surface area contributed by atoms with E-state index in [-0.39, 0.29) is 0 Å². The lowest BCUT2D eigenvalue weighted by molar-refractivity contribution is 0.685. The van der Waals surface area contributed by atoms with E-state index in [9.17, 15) is 0 Å². The molecule has 0 bridgehead atoms. The van der Waals surface area contributed by atoms with Crippen LogP contribution in [0.15, 0.2) is 0 Å². The molecule has 1 rings (SSSR count). The third-order valence-corrected chi connectivity index (χ3v) is 2.52. The van der Waals surface area contributed by atoms with E-state index in [2.05, 4.69) is 32.9 Å². The van der Waals surface area contributed by atoms with E-state index in [4.69, 9.17) is 0 Å². The highest BCUT2D eigenvalue weighted by molar-refractivity contribution is 7.80. The van der Waals surface area contributed by atoms with Gasteiger partial charge in [-0.05, 0) is 12.3 Å². The Hall–Kier alpha value is 0.350. The van der Waals surface area contributed by atoms with Gasteiger partial charge in [0.1, 0.15) is 0 Å². The Labute approximate surface area is 63.4 Å². The molecule has 0 nitrogen and oxygen atoms in total. The first kappa shape index (κ1) is 7.46. The molecule has 0 aromatic rings. The maximum Gasteiger partial charge on any atom is 0.00185 e. The van der Waals surface area contributed by atoms with E-state index in [1.54, 1.807) is 0 Å². The summed E-state index contributed by atoms with van der Waals surface area (Å²) in [7, 11) is 0. The SMILES string of the molecule is C[CH-]CC1CC1C(C)S. The molecule has 0 aromatic heterocycles. The lowest BCUT2D eigenvalue weighted by atomic mass is 10.2. The Morgan fingerprint density at radius 2 is 2.44 bits per heavy atom. The zero-order valence-electron chi connectivity index (χ0n) is 6.17. The summed E-state index contributed by atoms with van der Waals surface area (Å²) in [6, 6.07) is 0. The molecule has 0 heterocycles. The molecule has 0 radical (unpaired) electrons. The van der Waals surface area contributed by atoms with Crippen LogP contribution < -0.4 is 0 Å². The number of rotatable bonds is 3. The average molecular weight is 143 g/mol. The van der Waals surface area contributed by atoms with Gasteiger partial charge in [0.25, 0.3) is 0 Å². The van der Waals surface area contributed by atoms with E-state index in [0.717, 1.165) is 11.8 Å². The minimum absolute atomic E-state index is 0.620. The predicted octanol–water partition coefficient (Wildman–Crippen LogP) is 2.56. The molecular weight excluding hydrogens is 128 g/mol. The van der Waals surface area contributed by atoms with Crippen molar-refractivity contribution < 1.29 is 0 Å². The molecule has 1 fully saturated rings. The Kier molecular flexibility index (Phi) is 2.45. The van der Waals surface area contributed by atoms with Gasteiger partial charge in [0, 0.05) is 5.25 Å². The molecule has 0 amide bonds. The van der Waals surface area contributed by atoms with Gasteiger partial charge in [-0.25, -0.2) is 0 Å². The molecular formula is C8H15S-. The number of hydrogen-bond acceptors (Lipinski definition) is 1. The second-order valence-electron chi connectivity index (χ2n) is 3.04. The maximum absolute atomic E-state index is 4.39. The van der Waals surface area contributed by atoms with Gasteiger partial charge in [-0.1, -0.05) is 12.8 Å². The zero-order chi connectivity index (χ0) is 6.85. The second kappa shape index (κ2) is 2.96. The zero-order valence-corrected chi connectivity index (χ0v) is 7.07. The van der Waals surface area contributed by atoms with Gasteiger partial charge < -0.3 is 6.42 Å². The second-order valence-corrected chi connectivity index (χ2v) is 3.86. The summed E-state index contributed by atoms with van der Waals surface area (Å²) >= 11 is 4.39. The van der Waals surface area contributed by atoms with Crippen LogP contribution in [0, 0.1) is 18.3 Å². The molecule has 9 heavy (non-hydrogen) atoms. The van der Waals surface area contributed by atoms with E-state index >= 15 is 0 Å². The van der Waals surface area contributed by atoms with Crippen molar-refractivity contribution in [3.8, 4) is 0 Å². The lowest BCUT2D eigenvalue weighted by Gasteiger charge is -2.04. The van der Waals surface area contributed by atoms with Crippen molar-refractivity contribution in [2.75, 3.05) is 0 Å². The maximum atomic E-state index is 4.39. The van der Waals surface area contributed by atoms with Crippen molar-refractivity contribution >= 4 is 12.6 Å². The fourth-order valence-electron chi connectivity index (χ4n) is 1.44. The molecule has 54 valence electrons. The summed E-state index contributed by atoms with van der Waals surface area (Å²) in [5.74, 6) is 1.90. The summed E-state index contributed by atoms with van der Waals surface area (Å²) in [4.78, 5) is 0. The van der Waals surface area contributed by atoms with Gasteiger partial charge in [-0.3, -0.25) is 0 Å². The Balaban J connectivity index is 2.09. The highest BCUT2D eigenvalue weighted by Crippen LogP contribution is 2.45. The molecule has 1 aliphatic carbocycles. The van der Waals surface area contributed by atoms with E-state index < -0.39 is 0 Å². The number of hydrogen-bond donors (Lipinski definition) is 1. The van der Waals surface area contributed by atoms with Crippen LogP contribution in [0.5, 0.6) is 0 Å². The van der Waals surface area contributed by atoms with Crippen LogP contribution in [-0.4, -0.2) is 5.25 Å². The van der Waals surface area contributed by atoms with Gasteiger partial charge in [-0.15, -0.1) is 0 Å². The summed E-state index contributed by atoms with van der Waals surface area (Å²) in [6.45, 7) is 4.34. The quantitative estimate of drug-likeness (QED) is 0.455. The average Bonchev–Trinajstić information content (AvgIpc) is 2.47. The Morgan fingerprint density at radius 3 is 2.78 bits per heavy atom. The fourth-order valence-corrected chi connectivity index (χ4v) is 1.80. The monoisotopic (exact) mass is 143 g/mol. The molecule has 0 aromatic carbocycles. The third kappa shape index (κ3) is 1.89. The Bertz CT molecular complexity index is 88.6. The van der Waals surface area contributed by atoms with Crippen LogP contribution in [0.2, 0.25) is 0 Å². The van der Waals surface area contributed by atoms with Crippen molar-refractivity contribution in [3.05, 3.63) is 6.42 Å². The van der Waals surface area contributed by atoms with Gasteiger partial charge in [0.2, 0.25) is 0 Å². The van der Waals surface area contributed by atoms with Crippen LogP contribution in [0.3, 0.4) is 0 Å². The first-order chi connectivity index (χ1) is 4.25. The van der Waals surface area contributed by atoms with Crippen LogP contribution in [0.4, 0.5) is 0 Å². The van der Waals surface area contributed by atoms with Crippen LogP contribution in [0.1, 0.15) is 26.7 Å². The van der Waals surface area contributed by atoms with Crippen molar-refractivity contribution in [1.82, 2.24) is 0 Å². The first-order valence-corrected chi connectivity index (χ1v) is 4.23. The van der Waals surface area contributed by atoms with Crippen LogP contribution in [-0.2, 0) is 0 Å². The van der Waals surface area contributed by atoms with E-state index in [1.165, 1.54) is 12.8 Å². The molecule has 1 saturated carbocycles. The molecule has 0 spiro atoms. The largest absolute Gasteiger partial charge is 0.331 e. The van der Waals surface area contributed by atoms with Gasteiger partial charge in [-0.2, -0.15) is 26.0 Å². The summed E-state index contributed by atoms with van der Waals surface area (Å²) in [5, 5.41) is 0.620. The van der Waals surface area contributed by atoms with Gasteiger partial charge in [0.15, 0.2) is 0 Å². The minimum atomic E-state index is 0.620. The standard InChI is InChI=1S/C8H15S/c1-3-4-7-5-8(7)6(2)9/h3,6-9H,4-5H2,1-2H3/q-1. The van der Waals surface area contributed by atoms with E-state index in [0.29, 0.717) is 5.25 Å². The molecule has 0 aliphatic heterocycles.